The zero-order chi connectivity index (χ0) is 8.97. The van der Waals surface area contributed by atoms with Crippen molar-refractivity contribution in [1.29, 1.82) is 0 Å². The van der Waals surface area contributed by atoms with Crippen molar-refractivity contribution in [2.75, 3.05) is 0 Å². The summed E-state index contributed by atoms with van der Waals surface area (Å²) in [6.07, 6.45) is 2.15. The Morgan fingerprint density at radius 3 is 2.83 bits per heavy atom. The third-order valence-corrected chi connectivity index (χ3v) is 1.19. The monoisotopic (exact) mass is 164 g/mol. The molecule has 0 radical (unpaired) electrons. The number of hydrogen-bond donors (Lipinski definition) is 1. The molecular formula is C8H8N2O2. The van der Waals surface area contributed by atoms with E-state index in [1.165, 1.54) is 6.20 Å². The van der Waals surface area contributed by atoms with E-state index in [1.54, 1.807) is 18.2 Å². The molecule has 0 spiro atoms. The first kappa shape index (κ1) is 8.26. The van der Waals surface area contributed by atoms with Crippen LogP contribution in [0.15, 0.2) is 24.9 Å². The van der Waals surface area contributed by atoms with Gasteiger partial charge in [0.2, 0.25) is 0 Å². The predicted molar refractivity (Wildman–Crippen MR) is 44.5 cm³/mol. The lowest BCUT2D eigenvalue weighted by molar-refractivity contribution is 0.210. The maximum atomic E-state index is 10.3. The van der Waals surface area contributed by atoms with Crippen molar-refractivity contribution < 1.29 is 9.53 Å². The zero-order valence-corrected chi connectivity index (χ0v) is 6.36. The zero-order valence-electron chi connectivity index (χ0n) is 6.36. The van der Waals surface area contributed by atoms with Crippen LogP contribution in [0.4, 0.5) is 4.79 Å². The highest BCUT2D eigenvalue weighted by atomic mass is 16.5. The molecule has 0 aromatic carbocycles. The van der Waals surface area contributed by atoms with Gasteiger partial charge in [-0.25, -0.2) is 4.79 Å². The van der Waals surface area contributed by atoms with Crippen LogP contribution >= 0.6 is 0 Å². The normalized spacial score (nSPS) is 9.00. The van der Waals surface area contributed by atoms with Gasteiger partial charge in [-0.2, -0.15) is 0 Å². The number of nitrogens with two attached hydrogens (primary N) is 1. The molecular weight excluding hydrogens is 156 g/mol. The Bertz CT molecular complexity index is 292. The van der Waals surface area contributed by atoms with Crippen LogP contribution < -0.4 is 10.5 Å². The lowest BCUT2D eigenvalue weighted by Gasteiger charge is -1.98. The Balaban J connectivity index is 2.77. The maximum absolute atomic E-state index is 10.3. The molecule has 0 aliphatic heterocycles. The van der Waals surface area contributed by atoms with E-state index in [0.717, 1.165) is 0 Å². The fourth-order valence-corrected chi connectivity index (χ4v) is 0.689. The van der Waals surface area contributed by atoms with Crippen LogP contribution in [-0.2, 0) is 0 Å². The van der Waals surface area contributed by atoms with Crippen molar-refractivity contribution in [2.24, 2.45) is 5.73 Å². The number of nitrogens with zero attached hydrogens (tertiary/aromatic N) is 1. The molecule has 2 N–H and O–H groups in total. The molecule has 0 unspecified atom stereocenters. The average molecular weight is 164 g/mol. The molecule has 4 heteroatoms. The molecule has 1 heterocycles. The lowest BCUT2D eigenvalue weighted by atomic mass is 10.3. The van der Waals surface area contributed by atoms with Gasteiger partial charge in [0, 0.05) is 0 Å². The molecule has 1 rings (SSSR count). The van der Waals surface area contributed by atoms with Crippen molar-refractivity contribution in [2.45, 2.75) is 0 Å². The van der Waals surface area contributed by atoms with E-state index >= 15 is 0 Å². The van der Waals surface area contributed by atoms with Gasteiger partial charge >= 0.3 is 6.09 Å². The number of carbonyl (C=O) groups excluding carboxylic acids is 1. The summed E-state index contributed by atoms with van der Waals surface area (Å²) in [6.45, 7) is 3.53. The highest BCUT2D eigenvalue weighted by Crippen LogP contribution is 2.08. The van der Waals surface area contributed by atoms with Crippen molar-refractivity contribution in [3.63, 3.8) is 0 Å². The molecule has 1 aromatic heterocycles. The van der Waals surface area contributed by atoms with Crippen molar-refractivity contribution >= 4 is 12.2 Å². The SMILES string of the molecule is C=Cc1ccc(OC(N)=O)cn1. The third-order valence-electron chi connectivity index (χ3n) is 1.19. The molecule has 0 fully saturated rings. The molecule has 0 aliphatic carbocycles. The van der Waals surface area contributed by atoms with E-state index in [1.807, 2.05) is 0 Å². The smallest absolute Gasteiger partial charge is 0.409 e. The standard InChI is InChI=1S/C8H8N2O2/c1-2-6-3-4-7(5-10-6)12-8(9)11/h2-5H,1H2,(H2,9,11). The number of primary amides is 1. The van der Waals surface area contributed by atoms with Crippen LogP contribution in [0.5, 0.6) is 5.75 Å². The second-order valence-electron chi connectivity index (χ2n) is 2.04. The van der Waals surface area contributed by atoms with E-state index in [2.05, 4.69) is 16.3 Å². The van der Waals surface area contributed by atoms with Crippen molar-refractivity contribution in [1.82, 2.24) is 4.98 Å². The minimum atomic E-state index is -0.844. The van der Waals surface area contributed by atoms with E-state index in [4.69, 9.17) is 5.73 Å². The van der Waals surface area contributed by atoms with Crippen LogP contribution in [0.25, 0.3) is 6.08 Å². The highest BCUT2D eigenvalue weighted by molar-refractivity contribution is 5.67. The molecule has 0 atom stereocenters. The van der Waals surface area contributed by atoms with Gasteiger partial charge in [-0.15, -0.1) is 0 Å². The van der Waals surface area contributed by atoms with Gasteiger partial charge < -0.3 is 10.5 Å². The number of hydrogen-bond acceptors (Lipinski definition) is 3. The van der Waals surface area contributed by atoms with Crippen LogP contribution in [0.3, 0.4) is 0 Å². The Morgan fingerprint density at radius 2 is 2.42 bits per heavy atom. The van der Waals surface area contributed by atoms with Gasteiger partial charge in [0.1, 0.15) is 0 Å². The van der Waals surface area contributed by atoms with Gasteiger partial charge in [0.05, 0.1) is 11.9 Å². The molecule has 0 saturated heterocycles. The Kier molecular flexibility index (Phi) is 2.42. The quantitative estimate of drug-likeness (QED) is 0.713. The van der Waals surface area contributed by atoms with Crippen LogP contribution in [0.1, 0.15) is 5.69 Å². The van der Waals surface area contributed by atoms with Gasteiger partial charge in [-0.05, 0) is 18.2 Å². The van der Waals surface area contributed by atoms with Crippen LogP contribution in [-0.4, -0.2) is 11.1 Å². The summed E-state index contributed by atoms with van der Waals surface area (Å²) in [6, 6.07) is 3.26. The Labute approximate surface area is 69.7 Å². The summed E-state index contributed by atoms with van der Waals surface area (Å²) in [5.41, 5.74) is 5.50. The lowest BCUT2D eigenvalue weighted by Crippen LogP contribution is -2.16. The number of amides is 1. The second-order valence-corrected chi connectivity index (χ2v) is 2.04. The number of rotatable bonds is 2. The molecule has 0 saturated carbocycles. The Hall–Kier alpha value is -1.84. The third kappa shape index (κ3) is 2.09. The van der Waals surface area contributed by atoms with E-state index < -0.39 is 6.09 Å². The first-order valence-corrected chi connectivity index (χ1v) is 3.28. The average Bonchev–Trinajstić information content (AvgIpc) is 2.05. The molecule has 4 nitrogen and oxygen atoms in total. The first-order valence-electron chi connectivity index (χ1n) is 3.28. The number of aromatic nitrogens is 1. The van der Waals surface area contributed by atoms with Gasteiger partial charge in [0.25, 0.3) is 0 Å². The summed E-state index contributed by atoms with van der Waals surface area (Å²) in [7, 11) is 0. The second kappa shape index (κ2) is 3.52. The minimum Gasteiger partial charge on any atom is -0.409 e. The van der Waals surface area contributed by atoms with Gasteiger partial charge in [-0.1, -0.05) is 6.58 Å². The summed E-state index contributed by atoms with van der Waals surface area (Å²) in [4.78, 5) is 14.2. The summed E-state index contributed by atoms with van der Waals surface area (Å²) in [5.74, 6) is 0.327. The molecule has 1 aromatic rings. The molecule has 62 valence electrons. The summed E-state index contributed by atoms with van der Waals surface area (Å²) < 4.78 is 4.56. The molecule has 12 heavy (non-hydrogen) atoms. The number of ether oxygens (including phenoxy) is 1. The fraction of sp³-hybridized carbons (Fsp3) is 0. The molecule has 0 bridgehead atoms. The number of carbonyl (C=O) groups is 1. The summed E-state index contributed by atoms with van der Waals surface area (Å²) in [5, 5.41) is 0. The van der Waals surface area contributed by atoms with Crippen molar-refractivity contribution in [3.05, 3.63) is 30.6 Å². The molecule has 0 aliphatic rings. The van der Waals surface area contributed by atoms with E-state index in [9.17, 15) is 4.79 Å². The van der Waals surface area contributed by atoms with Crippen LogP contribution in [0.2, 0.25) is 0 Å². The van der Waals surface area contributed by atoms with Crippen LogP contribution in [0, 0.1) is 0 Å². The first-order chi connectivity index (χ1) is 5.72. The minimum absolute atomic E-state index is 0.327. The Morgan fingerprint density at radius 1 is 1.67 bits per heavy atom. The van der Waals surface area contributed by atoms with Gasteiger partial charge in [0.15, 0.2) is 5.75 Å². The van der Waals surface area contributed by atoms with E-state index in [0.29, 0.717) is 11.4 Å². The van der Waals surface area contributed by atoms with Crippen molar-refractivity contribution in [3.8, 4) is 5.75 Å². The predicted octanol–water partition coefficient (Wildman–Crippen LogP) is 1.18. The van der Waals surface area contributed by atoms with E-state index in [-0.39, 0.29) is 0 Å². The largest absolute Gasteiger partial charge is 0.410 e. The maximum Gasteiger partial charge on any atom is 0.410 e. The highest BCUT2D eigenvalue weighted by Gasteiger charge is 1.97. The fourth-order valence-electron chi connectivity index (χ4n) is 0.689. The summed E-state index contributed by atoms with van der Waals surface area (Å²) >= 11 is 0. The number of pyridine rings is 1. The van der Waals surface area contributed by atoms with Gasteiger partial charge in [-0.3, -0.25) is 4.98 Å². The topological polar surface area (TPSA) is 65.2 Å². The molecule has 1 amide bonds.